The minimum absolute atomic E-state index is 0.337. The minimum Gasteiger partial charge on any atom is -0.465 e. The summed E-state index contributed by atoms with van der Waals surface area (Å²) in [6.07, 6.45) is 3.26. The van der Waals surface area contributed by atoms with E-state index in [1.165, 1.54) is 7.11 Å². The van der Waals surface area contributed by atoms with Crippen molar-refractivity contribution in [2.45, 2.75) is 52.1 Å². The molecule has 0 bridgehead atoms. The number of nitrogen functional groups attached to an aromatic ring is 1. The number of H-pyrrole nitrogens is 1. The number of rotatable bonds is 6. The fourth-order valence-electron chi connectivity index (χ4n) is 3.33. The first-order chi connectivity index (χ1) is 12.7. The highest BCUT2D eigenvalue weighted by Gasteiger charge is 2.22. The minimum atomic E-state index is -0.962. The highest BCUT2D eigenvalue weighted by molar-refractivity contribution is 6.09. The first-order valence-electron chi connectivity index (χ1n) is 9.15. The van der Waals surface area contributed by atoms with E-state index in [4.69, 9.17) is 15.5 Å². The van der Waals surface area contributed by atoms with Crippen LogP contribution in [0.2, 0.25) is 0 Å². The molecule has 4 N–H and O–H groups in total. The summed E-state index contributed by atoms with van der Waals surface area (Å²) >= 11 is 0. The van der Waals surface area contributed by atoms with Gasteiger partial charge in [0.1, 0.15) is 22.7 Å². The lowest BCUT2D eigenvalue weighted by Crippen LogP contribution is -2.22. The van der Waals surface area contributed by atoms with Gasteiger partial charge in [0.25, 0.3) is 0 Å². The fraction of sp³-hybridized carbons (Fsp3) is 0.450. The number of nitrogens with one attached hydrogen (secondary N) is 1. The molecule has 0 atom stereocenters. The number of aromatic amines is 1. The van der Waals surface area contributed by atoms with Crippen LogP contribution in [0.3, 0.4) is 0 Å². The van der Waals surface area contributed by atoms with Gasteiger partial charge in [-0.25, -0.2) is 14.8 Å². The predicted octanol–water partition coefficient (Wildman–Crippen LogP) is 3.14. The summed E-state index contributed by atoms with van der Waals surface area (Å²) in [5, 5.41) is 11.2. The van der Waals surface area contributed by atoms with Crippen molar-refractivity contribution in [1.29, 1.82) is 0 Å². The SMILES string of the molecule is CCCCc1nc2c([nH]1)c(N)nc1cc(C(=O)OC)cc(CC(C)(C)O)c12. The Balaban J connectivity index is 2.31. The van der Waals surface area contributed by atoms with Crippen LogP contribution in [-0.4, -0.2) is 38.7 Å². The number of hydrogen-bond acceptors (Lipinski definition) is 6. The number of aryl methyl sites for hydroxylation is 1. The van der Waals surface area contributed by atoms with Crippen molar-refractivity contribution in [3.05, 3.63) is 29.1 Å². The molecule has 2 aromatic heterocycles. The molecule has 144 valence electrons. The Morgan fingerprint density at radius 1 is 1.33 bits per heavy atom. The summed E-state index contributed by atoms with van der Waals surface area (Å²) in [6.45, 7) is 5.58. The molecule has 0 saturated carbocycles. The Kier molecular flexibility index (Phi) is 5.06. The van der Waals surface area contributed by atoms with E-state index in [0.29, 0.717) is 28.8 Å². The third kappa shape index (κ3) is 3.88. The first kappa shape index (κ1) is 19.1. The maximum Gasteiger partial charge on any atom is 0.337 e. The molecule has 2 heterocycles. The monoisotopic (exact) mass is 370 g/mol. The van der Waals surface area contributed by atoms with Gasteiger partial charge in [-0.2, -0.15) is 0 Å². The second kappa shape index (κ2) is 7.15. The van der Waals surface area contributed by atoms with Crippen molar-refractivity contribution in [2.24, 2.45) is 0 Å². The molecule has 0 spiro atoms. The highest BCUT2D eigenvalue weighted by atomic mass is 16.5. The van der Waals surface area contributed by atoms with Crippen molar-refractivity contribution >= 4 is 33.7 Å². The molecule has 0 amide bonds. The number of benzene rings is 1. The van der Waals surface area contributed by atoms with Gasteiger partial charge in [-0.3, -0.25) is 0 Å². The molecular formula is C20H26N4O3. The van der Waals surface area contributed by atoms with E-state index in [1.54, 1.807) is 26.0 Å². The maximum atomic E-state index is 12.1. The molecule has 7 heteroatoms. The summed E-state index contributed by atoms with van der Waals surface area (Å²) < 4.78 is 4.85. The van der Waals surface area contributed by atoms with Crippen LogP contribution in [-0.2, 0) is 17.6 Å². The molecule has 3 aromatic rings. The number of imidazole rings is 1. The van der Waals surface area contributed by atoms with Crippen LogP contribution in [0.25, 0.3) is 21.9 Å². The number of nitrogens with zero attached hydrogens (tertiary/aromatic N) is 2. The van der Waals surface area contributed by atoms with E-state index < -0.39 is 11.6 Å². The third-order valence-electron chi connectivity index (χ3n) is 4.50. The van der Waals surface area contributed by atoms with Crippen molar-refractivity contribution in [1.82, 2.24) is 15.0 Å². The van der Waals surface area contributed by atoms with Crippen LogP contribution >= 0.6 is 0 Å². The number of hydrogen-bond donors (Lipinski definition) is 3. The number of fused-ring (bicyclic) bond motifs is 3. The van der Waals surface area contributed by atoms with Gasteiger partial charge in [-0.15, -0.1) is 0 Å². The molecule has 3 rings (SSSR count). The molecule has 0 aliphatic rings. The van der Waals surface area contributed by atoms with Gasteiger partial charge in [0, 0.05) is 18.2 Å². The Morgan fingerprint density at radius 2 is 2.07 bits per heavy atom. The molecule has 0 unspecified atom stereocenters. The zero-order valence-corrected chi connectivity index (χ0v) is 16.2. The quantitative estimate of drug-likeness (QED) is 0.574. The van der Waals surface area contributed by atoms with Crippen molar-refractivity contribution < 1.29 is 14.6 Å². The average Bonchev–Trinajstić information content (AvgIpc) is 3.02. The van der Waals surface area contributed by atoms with Gasteiger partial charge < -0.3 is 20.6 Å². The van der Waals surface area contributed by atoms with Crippen LogP contribution < -0.4 is 5.73 Å². The summed E-state index contributed by atoms with van der Waals surface area (Å²) in [4.78, 5) is 24.6. The molecule has 0 aliphatic carbocycles. The van der Waals surface area contributed by atoms with Gasteiger partial charge in [-0.05, 0) is 38.0 Å². The first-order valence-corrected chi connectivity index (χ1v) is 9.15. The lowest BCUT2D eigenvalue weighted by atomic mass is 9.93. The van der Waals surface area contributed by atoms with E-state index in [2.05, 4.69) is 16.9 Å². The van der Waals surface area contributed by atoms with Gasteiger partial charge in [-0.1, -0.05) is 13.3 Å². The second-order valence-electron chi connectivity index (χ2n) is 7.52. The molecule has 1 aromatic carbocycles. The Labute approximate surface area is 158 Å². The number of nitrogens with two attached hydrogens (primary N) is 1. The molecule has 0 aliphatic heterocycles. The van der Waals surface area contributed by atoms with Gasteiger partial charge in [0.15, 0.2) is 0 Å². The van der Waals surface area contributed by atoms with Crippen LogP contribution in [0.5, 0.6) is 0 Å². The third-order valence-corrected chi connectivity index (χ3v) is 4.50. The zero-order chi connectivity index (χ0) is 19.8. The molecule has 0 saturated heterocycles. The van der Waals surface area contributed by atoms with Gasteiger partial charge in [0.2, 0.25) is 0 Å². The van der Waals surface area contributed by atoms with Crippen LogP contribution in [0.4, 0.5) is 5.82 Å². The number of methoxy groups -OCH3 is 1. The Bertz CT molecular complexity index is 1000. The number of pyridine rings is 1. The Hall–Kier alpha value is -2.67. The summed E-state index contributed by atoms with van der Waals surface area (Å²) in [5.41, 5.74) is 8.33. The predicted molar refractivity (Wildman–Crippen MR) is 106 cm³/mol. The summed E-state index contributed by atoms with van der Waals surface area (Å²) in [6, 6.07) is 3.40. The lowest BCUT2D eigenvalue weighted by Gasteiger charge is -2.19. The number of aromatic nitrogens is 3. The topological polar surface area (TPSA) is 114 Å². The fourth-order valence-corrected chi connectivity index (χ4v) is 3.33. The van der Waals surface area contributed by atoms with Crippen LogP contribution in [0.15, 0.2) is 12.1 Å². The molecule has 7 nitrogen and oxygen atoms in total. The van der Waals surface area contributed by atoms with E-state index in [1.807, 2.05) is 0 Å². The number of carbonyl (C=O) groups is 1. The smallest absolute Gasteiger partial charge is 0.337 e. The lowest BCUT2D eigenvalue weighted by molar-refractivity contribution is 0.0599. The standard InChI is InChI=1S/C20H26N4O3/c1-5-6-7-14-23-16-15-12(10-20(2,3)26)8-11(19(25)27-4)9-13(15)22-18(21)17(16)24-14/h8-9,26H,5-7,10H2,1-4H3,(H2,21,22)(H,23,24). The summed E-state index contributed by atoms with van der Waals surface area (Å²) in [5.74, 6) is 0.739. The molecule has 27 heavy (non-hydrogen) atoms. The van der Waals surface area contributed by atoms with Crippen LogP contribution in [0.1, 0.15) is 55.4 Å². The number of unbranched alkanes of at least 4 members (excludes halogenated alkanes) is 1. The highest BCUT2D eigenvalue weighted by Crippen LogP contribution is 2.32. The maximum absolute atomic E-state index is 12.1. The van der Waals surface area contributed by atoms with E-state index in [9.17, 15) is 9.90 Å². The number of carbonyl (C=O) groups excluding carboxylic acids is 1. The van der Waals surface area contributed by atoms with E-state index in [0.717, 1.165) is 41.6 Å². The van der Waals surface area contributed by atoms with E-state index in [-0.39, 0.29) is 0 Å². The van der Waals surface area contributed by atoms with Crippen molar-refractivity contribution in [3.63, 3.8) is 0 Å². The zero-order valence-electron chi connectivity index (χ0n) is 16.2. The molecular weight excluding hydrogens is 344 g/mol. The molecule has 0 radical (unpaired) electrons. The van der Waals surface area contributed by atoms with Gasteiger partial charge in [0.05, 0.1) is 23.8 Å². The largest absolute Gasteiger partial charge is 0.465 e. The average molecular weight is 370 g/mol. The molecule has 0 fully saturated rings. The number of anilines is 1. The Morgan fingerprint density at radius 3 is 2.70 bits per heavy atom. The second-order valence-corrected chi connectivity index (χ2v) is 7.52. The van der Waals surface area contributed by atoms with Crippen molar-refractivity contribution in [3.8, 4) is 0 Å². The van der Waals surface area contributed by atoms with Crippen molar-refractivity contribution in [2.75, 3.05) is 12.8 Å². The van der Waals surface area contributed by atoms with Gasteiger partial charge >= 0.3 is 5.97 Å². The van der Waals surface area contributed by atoms with Crippen LogP contribution in [0, 0.1) is 0 Å². The normalized spacial score (nSPS) is 12.0. The number of aliphatic hydroxyl groups is 1. The number of esters is 1. The number of ether oxygens (including phenoxy) is 1. The summed E-state index contributed by atoms with van der Waals surface area (Å²) in [7, 11) is 1.33. The van der Waals surface area contributed by atoms with E-state index >= 15 is 0 Å².